The van der Waals surface area contributed by atoms with Gasteiger partial charge in [-0.25, -0.2) is 8.42 Å². The van der Waals surface area contributed by atoms with E-state index in [0.717, 1.165) is 0 Å². The quantitative estimate of drug-likeness (QED) is 0.685. The third-order valence-electron chi connectivity index (χ3n) is 4.70. The summed E-state index contributed by atoms with van der Waals surface area (Å²) < 4.78 is 32.4. The van der Waals surface area contributed by atoms with Crippen molar-refractivity contribution in [1.82, 2.24) is 9.62 Å². The summed E-state index contributed by atoms with van der Waals surface area (Å²) in [6.07, 6.45) is 0. The molecule has 1 aliphatic heterocycles. The number of para-hydroxylation sites is 1. The van der Waals surface area contributed by atoms with E-state index >= 15 is 0 Å². The second kappa shape index (κ2) is 9.58. The van der Waals surface area contributed by atoms with Crippen molar-refractivity contribution in [2.45, 2.75) is 31.2 Å². The molecule has 1 aliphatic rings. The van der Waals surface area contributed by atoms with Gasteiger partial charge in [0.2, 0.25) is 10.0 Å². The van der Waals surface area contributed by atoms with Crippen LogP contribution in [0.4, 0.5) is 5.69 Å². The van der Waals surface area contributed by atoms with Gasteiger partial charge < -0.3 is 15.4 Å². The fraction of sp³-hybridized carbons (Fsp3) is 0.364. The minimum atomic E-state index is -3.80. The molecular formula is C22H26ClN3O5S. The van der Waals surface area contributed by atoms with Crippen LogP contribution in [0.3, 0.4) is 0 Å². The van der Waals surface area contributed by atoms with Gasteiger partial charge in [-0.2, -0.15) is 4.31 Å². The third kappa shape index (κ3) is 5.66. The van der Waals surface area contributed by atoms with Crippen LogP contribution >= 0.6 is 11.6 Å². The molecule has 0 atom stereocenters. The number of carbonyl (C=O) groups is 2. The predicted octanol–water partition coefficient (Wildman–Crippen LogP) is 3.14. The largest absolute Gasteiger partial charge is 0.379 e. The monoisotopic (exact) mass is 479 g/mol. The lowest BCUT2D eigenvalue weighted by atomic mass is 10.1. The molecule has 0 aromatic heterocycles. The number of nitrogens with zero attached hydrogens (tertiary/aromatic N) is 1. The van der Waals surface area contributed by atoms with Gasteiger partial charge in [0, 0.05) is 18.6 Å². The van der Waals surface area contributed by atoms with Crippen molar-refractivity contribution in [2.75, 3.05) is 31.6 Å². The van der Waals surface area contributed by atoms with Crippen molar-refractivity contribution >= 4 is 39.1 Å². The summed E-state index contributed by atoms with van der Waals surface area (Å²) in [4.78, 5) is 25.6. The molecule has 2 aromatic rings. The Morgan fingerprint density at radius 1 is 1.00 bits per heavy atom. The van der Waals surface area contributed by atoms with Crippen LogP contribution in [0.25, 0.3) is 0 Å². The molecule has 0 unspecified atom stereocenters. The standard InChI is InChI=1S/C22H26ClN3O5S/c1-22(2,3)25-21(28)16-6-4-5-7-19(16)24-20(27)17-14-15(8-9-18(17)23)32(29,30)26-10-12-31-13-11-26/h4-9,14H,10-13H2,1-3H3,(H,24,27)(H,25,28). The Hall–Kier alpha value is -2.46. The predicted molar refractivity (Wildman–Crippen MR) is 123 cm³/mol. The lowest BCUT2D eigenvalue weighted by molar-refractivity contribution is 0.0730. The first kappa shape index (κ1) is 24.2. The highest BCUT2D eigenvalue weighted by Crippen LogP contribution is 2.25. The number of carbonyl (C=O) groups excluding carboxylic acids is 2. The molecule has 0 spiro atoms. The summed E-state index contributed by atoms with van der Waals surface area (Å²) in [6.45, 7) is 6.66. The second-order valence-electron chi connectivity index (χ2n) is 8.36. The van der Waals surface area contributed by atoms with Gasteiger partial charge in [-0.15, -0.1) is 0 Å². The number of benzene rings is 2. The van der Waals surface area contributed by atoms with Crippen LogP contribution in [0.2, 0.25) is 5.02 Å². The zero-order valence-corrected chi connectivity index (χ0v) is 19.7. The molecule has 8 nitrogen and oxygen atoms in total. The zero-order valence-electron chi connectivity index (χ0n) is 18.1. The van der Waals surface area contributed by atoms with Crippen LogP contribution in [0.1, 0.15) is 41.5 Å². The molecule has 0 aliphatic carbocycles. The van der Waals surface area contributed by atoms with E-state index in [-0.39, 0.29) is 45.7 Å². The van der Waals surface area contributed by atoms with E-state index in [0.29, 0.717) is 13.2 Å². The van der Waals surface area contributed by atoms with Crippen LogP contribution < -0.4 is 10.6 Å². The minimum Gasteiger partial charge on any atom is -0.379 e. The molecule has 32 heavy (non-hydrogen) atoms. The average molecular weight is 480 g/mol. The molecule has 1 heterocycles. The molecule has 2 amide bonds. The lowest BCUT2D eigenvalue weighted by Gasteiger charge is -2.26. The molecule has 0 saturated carbocycles. The lowest BCUT2D eigenvalue weighted by Crippen LogP contribution is -2.41. The van der Waals surface area contributed by atoms with Gasteiger partial charge in [-0.3, -0.25) is 9.59 Å². The van der Waals surface area contributed by atoms with Crippen molar-refractivity contribution in [3.8, 4) is 0 Å². The van der Waals surface area contributed by atoms with Crippen molar-refractivity contribution < 1.29 is 22.7 Å². The van der Waals surface area contributed by atoms with Crippen LogP contribution in [0.15, 0.2) is 47.4 Å². The van der Waals surface area contributed by atoms with Gasteiger partial charge in [-0.05, 0) is 51.1 Å². The van der Waals surface area contributed by atoms with Crippen LogP contribution in [0, 0.1) is 0 Å². The summed E-state index contributed by atoms with van der Waals surface area (Å²) >= 11 is 6.21. The van der Waals surface area contributed by atoms with Crippen molar-refractivity contribution in [3.05, 3.63) is 58.6 Å². The number of sulfonamides is 1. The number of hydrogen-bond acceptors (Lipinski definition) is 5. The highest BCUT2D eigenvalue weighted by molar-refractivity contribution is 7.89. The maximum Gasteiger partial charge on any atom is 0.257 e. The van der Waals surface area contributed by atoms with Crippen LogP contribution in [-0.2, 0) is 14.8 Å². The fourth-order valence-corrected chi connectivity index (χ4v) is 4.80. The molecule has 2 N–H and O–H groups in total. The molecule has 2 aromatic carbocycles. The normalized spacial score (nSPS) is 15.2. The van der Waals surface area contributed by atoms with Gasteiger partial charge in [0.05, 0.1) is 39.9 Å². The Labute approximate surface area is 192 Å². The van der Waals surface area contributed by atoms with E-state index in [9.17, 15) is 18.0 Å². The maximum absolute atomic E-state index is 13.0. The van der Waals surface area contributed by atoms with Gasteiger partial charge in [0.15, 0.2) is 0 Å². The van der Waals surface area contributed by atoms with Gasteiger partial charge in [0.1, 0.15) is 0 Å². The minimum absolute atomic E-state index is 0.00738. The van der Waals surface area contributed by atoms with E-state index in [4.69, 9.17) is 16.3 Å². The van der Waals surface area contributed by atoms with Crippen molar-refractivity contribution in [1.29, 1.82) is 0 Å². The van der Waals surface area contributed by atoms with Gasteiger partial charge in [-0.1, -0.05) is 23.7 Å². The molecule has 1 fully saturated rings. The van der Waals surface area contributed by atoms with Gasteiger partial charge in [0.25, 0.3) is 11.8 Å². The summed E-state index contributed by atoms with van der Waals surface area (Å²) in [5.74, 6) is -0.965. The first-order chi connectivity index (χ1) is 15.0. The molecule has 10 heteroatoms. The summed E-state index contributed by atoms with van der Waals surface area (Å²) in [5.41, 5.74) is 0.104. The summed E-state index contributed by atoms with van der Waals surface area (Å²) in [5, 5.41) is 5.63. The molecular weight excluding hydrogens is 454 g/mol. The number of anilines is 1. The SMILES string of the molecule is CC(C)(C)NC(=O)c1ccccc1NC(=O)c1cc(S(=O)(=O)N2CCOCC2)ccc1Cl. The Balaban J connectivity index is 1.88. The smallest absolute Gasteiger partial charge is 0.257 e. The Bertz CT molecular complexity index is 1120. The molecule has 172 valence electrons. The van der Waals surface area contributed by atoms with Crippen molar-refractivity contribution in [3.63, 3.8) is 0 Å². The van der Waals surface area contributed by atoms with Crippen LogP contribution in [0.5, 0.6) is 0 Å². The zero-order chi connectivity index (χ0) is 23.5. The van der Waals surface area contributed by atoms with E-state index in [2.05, 4.69) is 10.6 Å². The highest BCUT2D eigenvalue weighted by atomic mass is 35.5. The average Bonchev–Trinajstić information content (AvgIpc) is 2.73. The molecule has 3 rings (SSSR count). The molecule has 0 radical (unpaired) electrons. The number of ether oxygens (including phenoxy) is 1. The maximum atomic E-state index is 13.0. The number of hydrogen-bond donors (Lipinski definition) is 2. The second-order valence-corrected chi connectivity index (χ2v) is 10.7. The summed E-state index contributed by atoms with van der Waals surface area (Å²) in [6, 6.07) is 10.6. The molecule has 1 saturated heterocycles. The Morgan fingerprint density at radius 2 is 1.66 bits per heavy atom. The number of rotatable bonds is 5. The highest BCUT2D eigenvalue weighted by Gasteiger charge is 2.28. The van der Waals surface area contributed by atoms with E-state index in [1.54, 1.807) is 24.3 Å². The third-order valence-corrected chi connectivity index (χ3v) is 6.92. The Morgan fingerprint density at radius 3 is 2.31 bits per heavy atom. The van der Waals surface area contributed by atoms with Gasteiger partial charge >= 0.3 is 0 Å². The van der Waals surface area contributed by atoms with E-state index < -0.39 is 21.5 Å². The van der Waals surface area contributed by atoms with E-state index in [1.165, 1.54) is 22.5 Å². The van der Waals surface area contributed by atoms with Crippen LogP contribution in [-0.4, -0.2) is 56.4 Å². The topological polar surface area (TPSA) is 105 Å². The number of nitrogens with one attached hydrogen (secondary N) is 2. The first-order valence-electron chi connectivity index (χ1n) is 10.1. The molecule has 0 bridgehead atoms. The van der Waals surface area contributed by atoms with Crippen molar-refractivity contribution in [2.24, 2.45) is 0 Å². The fourth-order valence-electron chi connectivity index (χ4n) is 3.16. The van der Waals surface area contributed by atoms with E-state index in [1.807, 2.05) is 20.8 Å². The number of morpholine rings is 1. The number of amides is 2. The first-order valence-corrected chi connectivity index (χ1v) is 11.9. The Kier molecular flexibility index (Phi) is 7.24. The summed E-state index contributed by atoms with van der Waals surface area (Å²) in [7, 11) is -3.80. The number of halogens is 1.